The van der Waals surface area contributed by atoms with Crippen LogP contribution >= 0.6 is 11.3 Å². The lowest BCUT2D eigenvalue weighted by atomic mass is 10.1. The van der Waals surface area contributed by atoms with Gasteiger partial charge in [0.25, 0.3) is 0 Å². The van der Waals surface area contributed by atoms with Gasteiger partial charge in [-0.2, -0.15) is 0 Å². The molecule has 3 aliphatic rings. The average Bonchev–Trinajstić information content (AvgIpc) is 3.67. The summed E-state index contributed by atoms with van der Waals surface area (Å²) in [6, 6.07) is 3.04. The standard InChI is InChI=1S/C28H39N7O4S2/c1-18-6-5-8-35(18)21-7-9-33(16-21)17-22-19(2)40-26-24(30-28(31-25(22)26)34-10-12-39-13-11-34)20-14-23(32-41(4,36)37)27(38-3)29-15-20/h14-15,18,21,32H,5-13,16-17H2,1-4H3/t18-,21?/m0/s1. The van der Waals surface area contributed by atoms with Crippen LogP contribution in [0.5, 0.6) is 5.88 Å². The molecule has 1 N–H and O–H groups in total. The number of sulfonamides is 1. The van der Waals surface area contributed by atoms with E-state index >= 15 is 0 Å². The van der Waals surface area contributed by atoms with E-state index in [1.165, 1.54) is 43.4 Å². The number of anilines is 2. The van der Waals surface area contributed by atoms with Crippen molar-refractivity contribution in [3.8, 4) is 17.1 Å². The number of hydrogen-bond donors (Lipinski definition) is 1. The molecule has 6 rings (SSSR count). The summed E-state index contributed by atoms with van der Waals surface area (Å²) in [5, 5.41) is 0. The lowest BCUT2D eigenvalue weighted by Gasteiger charge is -2.28. The largest absolute Gasteiger partial charge is 0.480 e. The highest BCUT2D eigenvalue weighted by atomic mass is 32.2. The molecule has 0 radical (unpaired) electrons. The van der Waals surface area contributed by atoms with Gasteiger partial charge < -0.3 is 14.4 Å². The molecule has 222 valence electrons. The maximum absolute atomic E-state index is 12.1. The Hall–Kier alpha value is -2.58. The van der Waals surface area contributed by atoms with E-state index in [1.54, 1.807) is 23.6 Å². The highest BCUT2D eigenvalue weighted by molar-refractivity contribution is 7.92. The maximum atomic E-state index is 12.1. The Morgan fingerprint density at radius 1 is 1.17 bits per heavy atom. The van der Waals surface area contributed by atoms with Crippen LogP contribution < -0.4 is 14.4 Å². The van der Waals surface area contributed by atoms with E-state index in [1.807, 2.05) is 0 Å². The number of ether oxygens (including phenoxy) is 2. The van der Waals surface area contributed by atoms with Crippen LogP contribution in [-0.2, 0) is 21.3 Å². The second-order valence-electron chi connectivity index (χ2n) is 11.3. The minimum Gasteiger partial charge on any atom is -0.480 e. The van der Waals surface area contributed by atoms with Crippen molar-refractivity contribution in [2.75, 3.05) is 68.9 Å². The first kappa shape index (κ1) is 28.5. The Balaban J connectivity index is 1.40. The third-order valence-electron chi connectivity index (χ3n) is 8.43. The predicted octanol–water partition coefficient (Wildman–Crippen LogP) is 3.34. The van der Waals surface area contributed by atoms with Crippen molar-refractivity contribution in [2.45, 2.75) is 51.7 Å². The van der Waals surface area contributed by atoms with Crippen molar-refractivity contribution in [2.24, 2.45) is 0 Å². The zero-order valence-electron chi connectivity index (χ0n) is 24.2. The fourth-order valence-electron chi connectivity index (χ4n) is 6.37. The molecule has 1 unspecified atom stereocenters. The molecule has 0 bridgehead atoms. The molecule has 0 aromatic carbocycles. The number of aromatic nitrogens is 3. The second kappa shape index (κ2) is 11.6. The van der Waals surface area contributed by atoms with E-state index in [0.717, 1.165) is 41.8 Å². The maximum Gasteiger partial charge on any atom is 0.238 e. The number of hydrogen-bond acceptors (Lipinski definition) is 11. The smallest absolute Gasteiger partial charge is 0.238 e. The molecule has 3 saturated heterocycles. The van der Waals surface area contributed by atoms with Crippen LogP contribution in [0.1, 0.15) is 36.6 Å². The lowest BCUT2D eigenvalue weighted by Crippen LogP contribution is -2.39. The molecule has 0 spiro atoms. The topological polar surface area (TPSA) is 113 Å². The van der Waals surface area contributed by atoms with Gasteiger partial charge in [-0.15, -0.1) is 11.3 Å². The van der Waals surface area contributed by atoms with E-state index in [-0.39, 0.29) is 11.6 Å². The third-order valence-corrected chi connectivity index (χ3v) is 10.2. The molecular weight excluding hydrogens is 562 g/mol. The van der Waals surface area contributed by atoms with Crippen LogP contribution in [-0.4, -0.2) is 105 Å². The van der Waals surface area contributed by atoms with Crippen LogP contribution in [0.15, 0.2) is 12.3 Å². The molecule has 3 aromatic heterocycles. The van der Waals surface area contributed by atoms with Crippen molar-refractivity contribution in [3.63, 3.8) is 0 Å². The van der Waals surface area contributed by atoms with Gasteiger partial charge in [-0.1, -0.05) is 0 Å². The number of nitrogens with one attached hydrogen (secondary N) is 1. The van der Waals surface area contributed by atoms with E-state index in [4.69, 9.17) is 19.4 Å². The number of morpholine rings is 1. The van der Waals surface area contributed by atoms with Crippen LogP contribution in [0.25, 0.3) is 21.5 Å². The molecule has 11 nitrogen and oxygen atoms in total. The van der Waals surface area contributed by atoms with E-state index in [0.29, 0.717) is 49.9 Å². The van der Waals surface area contributed by atoms with Gasteiger partial charge in [-0.25, -0.2) is 23.4 Å². The van der Waals surface area contributed by atoms with Gasteiger partial charge in [-0.3, -0.25) is 14.5 Å². The van der Waals surface area contributed by atoms with Crippen LogP contribution in [0, 0.1) is 6.92 Å². The van der Waals surface area contributed by atoms with Crippen molar-refractivity contribution in [3.05, 3.63) is 22.7 Å². The molecule has 0 saturated carbocycles. The molecule has 41 heavy (non-hydrogen) atoms. The number of aryl methyl sites for hydroxylation is 1. The molecule has 3 fully saturated rings. The Morgan fingerprint density at radius 2 is 1.98 bits per heavy atom. The second-order valence-corrected chi connectivity index (χ2v) is 14.3. The molecular formula is C28H39N7O4S2. The van der Waals surface area contributed by atoms with Gasteiger partial charge in [-0.05, 0) is 45.7 Å². The van der Waals surface area contributed by atoms with Crippen LogP contribution in [0.4, 0.5) is 11.6 Å². The Kier molecular flexibility index (Phi) is 8.07. The van der Waals surface area contributed by atoms with Crippen molar-refractivity contribution >= 4 is 43.2 Å². The van der Waals surface area contributed by atoms with Gasteiger partial charge in [0.15, 0.2) is 0 Å². The first-order chi connectivity index (χ1) is 19.7. The minimum absolute atomic E-state index is 0.205. The Bertz CT molecular complexity index is 1520. The van der Waals surface area contributed by atoms with Crippen molar-refractivity contribution in [1.29, 1.82) is 0 Å². The van der Waals surface area contributed by atoms with Crippen LogP contribution in [0.3, 0.4) is 0 Å². The van der Waals surface area contributed by atoms with Crippen molar-refractivity contribution < 1.29 is 17.9 Å². The number of thiophene rings is 1. The van der Waals surface area contributed by atoms with Crippen LogP contribution in [0.2, 0.25) is 0 Å². The highest BCUT2D eigenvalue weighted by Crippen LogP contribution is 2.40. The minimum atomic E-state index is -3.54. The summed E-state index contributed by atoms with van der Waals surface area (Å²) in [6.45, 7) is 11.4. The number of likely N-dealkylation sites (tertiary alicyclic amines) is 2. The summed E-state index contributed by atoms with van der Waals surface area (Å²) in [7, 11) is -2.07. The third kappa shape index (κ3) is 6.00. The summed E-state index contributed by atoms with van der Waals surface area (Å²) in [5.74, 6) is 0.866. The molecule has 3 aliphatic heterocycles. The van der Waals surface area contributed by atoms with Crippen molar-refractivity contribution in [1.82, 2.24) is 24.8 Å². The van der Waals surface area contributed by atoms with Gasteiger partial charge in [0.2, 0.25) is 21.9 Å². The zero-order valence-corrected chi connectivity index (χ0v) is 25.9. The molecule has 6 heterocycles. The number of fused-ring (bicyclic) bond motifs is 1. The summed E-state index contributed by atoms with van der Waals surface area (Å²) in [4.78, 5) is 23.3. The summed E-state index contributed by atoms with van der Waals surface area (Å²) in [6.07, 6.45) is 6.61. The zero-order chi connectivity index (χ0) is 28.7. The molecule has 0 aliphatic carbocycles. The number of nitrogens with zero attached hydrogens (tertiary/aromatic N) is 6. The fourth-order valence-corrected chi connectivity index (χ4v) is 8.04. The lowest BCUT2D eigenvalue weighted by molar-refractivity contribution is 0.122. The molecule has 13 heteroatoms. The Morgan fingerprint density at radius 3 is 2.68 bits per heavy atom. The fraction of sp³-hybridized carbons (Fsp3) is 0.607. The van der Waals surface area contributed by atoms with E-state index in [2.05, 4.69) is 38.3 Å². The summed E-state index contributed by atoms with van der Waals surface area (Å²) >= 11 is 1.69. The van der Waals surface area contributed by atoms with E-state index < -0.39 is 10.0 Å². The SMILES string of the molecule is COc1ncc(-c2nc(N3CCOCC3)nc3c(CN4CCC(N5CCC[C@@H]5C)C4)c(C)sc23)cc1NS(C)(=O)=O. The van der Waals surface area contributed by atoms with E-state index in [9.17, 15) is 8.42 Å². The van der Waals surface area contributed by atoms with Gasteiger partial charge in [0.1, 0.15) is 5.69 Å². The first-order valence-electron chi connectivity index (χ1n) is 14.3. The van der Waals surface area contributed by atoms with Gasteiger partial charge in [0.05, 0.1) is 42.5 Å². The number of pyridine rings is 1. The quantitative estimate of drug-likeness (QED) is 0.413. The predicted molar refractivity (Wildman–Crippen MR) is 163 cm³/mol. The normalized spacial score (nSPS) is 22.6. The molecule has 2 atom stereocenters. The Labute approximate surface area is 245 Å². The molecule has 3 aromatic rings. The summed E-state index contributed by atoms with van der Waals surface area (Å²) < 4.78 is 38.6. The number of rotatable bonds is 8. The summed E-state index contributed by atoms with van der Waals surface area (Å²) in [5.41, 5.74) is 3.93. The van der Waals surface area contributed by atoms with Gasteiger partial charge >= 0.3 is 0 Å². The van der Waals surface area contributed by atoms with Gasteiger partial charge in [0, 0.05) is 67.0 Å². The highest BCUT2D eigenvalue weighted by Gasteiger charge is 2.33. The monoisotopic (exact) mass is 601 g/mol. The first-order valence-corrected chi connectivity index (χ1v) is 17.0. The number of methoxy groups -OCH3 is 1. The average molecular weight is 602 g/mol. The molecule has 0 amide bonds.